The molecule has 8 nitrogen and oxygen atoms in total. The van der Waals surface area contributed by atoms with Crippen molar-refractivity contribution in [2.75, 3.05) is 29.9 Å². The van der Waals surface area contributed by atoms with Crippen LogP contribution >= 0.6 is 0 Å². The number of morpholine rings is 1. The van der Waals surface area contributed by atoms with Gasteiger partial charge in [-0.15, -0.1) is 0 Å². The van der Waals surface area contributed by atoms with Crippen molar-refractivity contribution in [3.05, 3.63) is 35.8 Å². The number of carbonyl (C=O) groups excluding carboxylic acids is 1. The summed E-state index contributed by atoms with van der Waals surface area (Å²) >= 11 is 0. The number of aryl methyl sites for hydroxylation is 2. The summed E-state index contributed by atoms with van der Waals surface area (Å²) in [6, 6.07) is 5.65. The van der Waals surface area contributed by atoms with Crippen molar-refractivity contribution in [1.29, 1.82) is 0 Å². The Kier molecular flexibility index (Phi) is 6.74. The number of nitrogens with one attached hydrogen (secondary N) is 2. The lowest BCUT2D eigenvalue weighted by Gasteiger charge is -2.36. The third-order valence-corrected chi connectivity index (χ3v) is 4.95. The Bertz CT molecular complexity index is 809. The Morgan fingerprint density at radius 1 is 1.28 bits per heavy atom. The van der Waals surface area contributed by atoms with Gasteiger partial charge in [-0.25, -0.2) is 9.78 Å². The fourth-order valence-electron chi connectivity index (χ4n) is 3.67. The molecule has 0 aliphatic carbocycles. The van der Waals surface area contributed by atoms with Crippen LogP contribution in [0.5, 0.6) is 0 Å². The highest BCUT2D eigenvalue weighted by molar-refractivity contribution is 5.89. The van der Waals surface area contributed by atoms with Crippen molar-refractivity contribution in [3.63, 3.8) is 0 Å². The molecular formula is C21H32N6O2. The summed E-state index contributed by atoms with van der Waals surface area (Å²) in [5.74, 6) is 1.17. The number of aromatic nitrogens is 3. The van der Waals surface area contributed by atoms with Crippen molar-refractivity contribution in [3.8, 4) is 0 Å². The molecule has 2 amide bonds. The molecule has 3 unspecified atom stereocenters. The fourth-order valence-corrected chi connectivity index (χ4v) is 3.67. The number of ether oxygens (including phenoxy) is 1. The molecule has 158 valence electrons. The molecule has 3 atom stereocenters. The molecule has 2 aromatic rings. The van der Waals surface area contributed by atoms with Crippen LogP contribution in [0.25, 0.3) is 0 Å². The number of anilines is 2. The van der Waals surface area contributed by atoms with E-state index in [-0.39, 0.29) is 24.2 Å². The molecule has 0 bridgehead atoms. The van der Waals surface area contributed by atoms with Gasteiger partial charge in [-0.3, -0.25) is 4.68 Å². The van der Waals surface area contributed by atoms with E-state index in [1.165, 1.54) is 0 Å². The van der Waals surface area contributed by atoms with Crippen molar-refractivity contribution < 1.29 is 9.53 Å². The van der Waals surface area contributed by atoms with Crippen LogP contribution in [0, 0.1) is 19.8 Å². The zero-order chi connectivity index (χ0) is 21.0. The number of amides is 2. The van der Waals surface area contributed by atoms with Crippen LogP contribution in [-0.4, -0.2) is 52.6 Å². The molecule has 0 aromatic carbocycles. The second-order valence-corrected chi connectivity index (χ2v) is 8.12. The Hall–Kier alpha value is -2.61. The fraction of sp³-hybridized carbons (Fsp3) is 0.571. The van der Waals surface area contributed by atoms with Gasteiger partial charge in [0, 0.05) is 31.9 Å². The average Bonchev–Trinajstić information content (AvgIpc) is 2.96. The minimum absolute atomic E-state index is 0.181. The first-order valence-electron chi connectivity index (χ1n) is 10.2. The summed E-state index contributed by atoms with van der Waals surface area (Å²) in [7, 11) is 0. The molecule has 2 aromatic heterocycles. The van der Waals surface area contributed by atoms with E-state index in [0.717, 1.165) is 36.8 Å². The van der Waals surface area contributed by atoms with Crippen LogP contribution in [-0.2, 0) is 11.3 Å². The quantitative estimate of drug-likeness (QED) is 0.779. The molecule has 2 N–H and O–H groups in total. The maximum Gasteiger partial charge on any atom is 0.319 e. The SMILES string of the molecule is Cc1cc(C)n(CC(C)CNC(=O)Nc2ccc(N3CC(C)OC(C)C3)nc2)n1. The van der Waals surface area contributed by atoms with Gasteiger partial charge in [0.1, 0.15) is 5.82 Å². The molecule has 0 radical (unpaired) electrons. The summed E-state index contributed by atoms with van der Waals surface area (Å²) in [4.78, 5) is 18.9. The summed E-state index contributed by atoms with van der Waals surface area (Å²) in [6.45, 7) is 13.2. The topological polar surface area (TPSA) is 84.3 Å². The molecule has 1 fully saturated rings. The van der Waals surface area contributed by atoms with Gasteiger partial charge in [-0.1, -0.05) is 6.92 Å². The highest BCUT2D eigenvalue weighted by Gasteiger charge is 2.23. The van der Waals surface area contributed by atoms with E-state index < -0.39 is 0 Å². The first-order valence-corrected chi connectivity index (χ1v) is 10.2. The van der Waals surface area contributed by atoms with Gasteiger partial charge < -0.3 is 20.3 Å². The molecule has 3 rings (SSSR count). The standard InChI is InChI=1S/C21H32N6O2/c1-14(11-27-16(3)8-15(2)25-27)9-23-21(28)24-19-6-7-20(22-10-19)26-12-17(4)29-18(5)13-26/h6-8,10,14,17-18H,9,11-13H2,1-5H3,(H2,23,24,28). The predicted molar refractivity (Wildman–Crippen MR) is 114 cm³/mol. The maximum absolute atomic E-state index is 12.2. The predicted octanol–water partition coefficient (Wildman–Crippen LogP) is 2.97. The minimum Gasteiger partial charge on any atom is -0.372 e. The lowest BCUT2D eigenvalue weighted by atomic mass is 10.2. The lowest BCUT2D eigenvalue weighted by molar-refractivity contribution is -0.00545. The van der Waals surface area contributed by atoms with Gasteiger partial charge in [0.05, 0.1) is 29.8 Å². The molecule has 0 spiro atoms. The highest BCUT2D eigenvalue weighted by atomic mass is 16.5. The van der Waals surface area contributed by atoms with Crippen LogP contribution in [0.3, 0.4) is 0 Å². The Morgan fingerprint density at radius 2 is 2.00 bits per heavy atom. The van der Waals surface area contributed by atoms with Gasteiger partial charge in [-0.2, -0.15) is 5.10 Å². The average molecular weight is 401 g/mol. The molecule has 8 heteroatoms. The zero-order valence-corrected chi connectivity index (χ0v) is 18.0. The number of nitrogens with zero attached hydrogens (tertiary/aromatic N) is 4. The minimum atomic E-state index is -0.228. The van der Waals surface area contributed by atoms with Crippen LogP contribution in [0.4, 0.5) is 16.3 Å². The molecule has 29 heavy (non-hydrogen) atoms. The van der Waals surface area contributed by atoms with E-state index in [4.69, 9.17) is 4.74 Å². The number of rotatable bonds is 6. The molecule has 1 aliphatic heterocycles. The van der Waals surface area contributed by atoms with Gasteiger partial charge in [0.15, 0.2) is 0 Å². The van der Waals surface area contributed by atoms with Gasteiger partial charge in [0.2, 0.25) is 0 Å². The van der Waals surface area contributed by atoms with Gasteiger partial charge >= 0.3 is 6.03 Å². The van der Waals surface area contributed by atoms with E-state index in [2.05, 4.69) is 52.5 Å². The van der Waals surface area contributed by atoms with Gasteiger partial charge in [-0.05, 0) is 51.8 Å². The lowest BCUT2D eigenvalue weighted by Crippen LogP contribution is -2.45. The van der Waals surface area contributed by atoms with E-state index in [1.807, 2.05) is 30.7 Å². The maximum atomic E-state index is 12.2. The first-order chi connectivity index (χ1) is 13.8. The van der Waals surface area contributed by atoms with E-state index >= 15 is 0 Å². The number of hydrogen-bond acceptors (Lipinski definition) is 5. The van der Waals surface area contributed by atoms with Gasteiger partial charge in [0.25, 0.3) is 0 Å². The molecule has 0 saturated carbocycles. The third-order valence-electron chi connectivity index (χ3n) is 4.95. The summed E-state index contributed by atoms with van der Waals surface area (Å²) < 4.78 is 7.75. The number of urea groups is 1. The third kappa shape index (κ3) is 5.93. The number of pyridine rings is 1. The van der Waals surface area contributed by atoms with Crippen molar-refractivity contribution in [1.82, 2.24) is 20.1 Å². The van der Waals surface area contributed by atoms with Crippen molar-refractivity contribution >= 4 is 17.5 Å². The van der Waals surface area contributed by atoms with E-state index in [1.54, 1.807) is 6.20 Å². The monoisotopic (exact) mass is 400 g/mol. The zero-order valence-electron chi connectivity index (χ0n) is 18.0. The summed E-state index contributed by atoms with van der Waals surface area (Å²) in [5.41, 5.74) is 2.82. The van der Waals surface area contributed by atoms with Crippen LogP contribution in [0.1, 0.15) is 32.2 Å². The summed E-state index contributed by atoms with van der Waals surface area (Å²) in [6.07, 6.45) is 2.06. The Labute approximate surface area is 172 Å². The van der Waals surface area contributed by atoms with Crippen molar-refractivity contribution in [2.24, 2.45) is 5.92 Å². The number of hydrogen-bond donors (Lipinski definition) is 2. The highest BCUT2D eigenvalue weighted by Crippen LogP contribution is 2.19. The summed E-state index contributed by atoms with van der Waals surface area (Å²) in [5, 5.41) is 10.2. The Morgan fingerprint density at radius 3 is 2.59 bits per heavy atom. The largest absolute Gasteiger partial charge is 0.372 e. The van der Waals surface area contributed by atoms with Crippen LogP contribution in [0.15, 0.2) is 24.4 Å². The van der Waals surface area contributed by atoms with E-state index in [9.17, 15) is 4.79 Å². The smallest absolute Gasteiger partial charge is 0.319 e. The Balaban J connectivity index is 1.46. The van der Waals surface area contributed by atoms with E-state index in [0.29, 0.717) is 12.2 Å². The molecule has 1 aliphatic rings. The second kappa shape index (κ2) is 9.26. The first kappa shape index (κ1) is 21.1. The normalized spacial score (nSPS) is 20.4. The molecule has 1 saturated heterocycles. The second-order valence-electron chi connectivity index (χ2n) is 8.12. The molecular weight excluding hydrogens is 368 g/mol. The van der Waals surface area contributed by atoms with Crippen molar-refractivity contribution in [2.45, 2.75) is 53.4 Å². The number of carbonyl (C=O) groups is 1. The van der Waals surface area contributed by atoms with Crippen LogP contribution in [0.2, 0.25) is 0 Å². The molecule has 3 heterocycles. The van der Waals surface area contributed by atoms with Crippen LogP contribution < -0.4 is 15.5 Å².